The van der Waals surface area contributed by atoms with Gasteiger partial charge in [0.1, 0.15) is 12.2 Å². The van der Waals surface area contributed by atoms with E-state index >= 15 is 0 Å². The van der Waals surface area contributed by atoms with Gasteiger partial charge in [0.2, 0.25) is 5.91 Å². The van der Waals surface area contributed by atoms with E-state index < -0.39 is 0 Å². The van der Waals surface area contributed by atoms with Crippen molar-refractivity contribution in [3.05, 3.63) is 12.2 Å². The number of rotatable bonds is 4. The predicted molar refractivity (Wildman–Crippen MR) is 77.8 cm³/mol. The zero-order chi connectivity index (χ0) is 14.7. The third kappa shape index (κ3) is 3.26. The van der Waals surface area contributed by atoms with Crippen LogP contribution in [0.4, 0.5) is 0 Å². The van der Waals surface area contributed by atoms with Gasteiger partial charge < -0.3 is 14.2 Å². The van der Waals surface area contributed by atoms with Gasteiger partial charge in [0, 0.05) is 32.2 Å². The van der Waals surface area contributed by atoms with Crippen molar-refractivity contribution in [1.82, 2.24) is 19.7 Å². The summed E-state index contributed by atoms with van der Waals surface area (Å²) in [5, 5.41) is 8.26. The second-order valence-electron chi connectivity index (χ2n) is 5.97. The lowest BCUT2D eigenvalue weighted by Crippen LogP contribution is -2.39. The Hall–Kier alpha value is -1.43. The molecule has 0 aromatic carbocycles. The molecule has 6 heteroatoms. The number of nitrogens with zero attached hydrogens (tertiary/aromatic N) is 4. The molecule has 0 bridgehead atoms. The lowest BCUT2D eigenvalue weighted by Gasteiger charge is -2.32. The summed E-state index contributed by atoms with van der Waals surface area (Å²) in [6, 6.07) is 0. The second kappa shape index (κ2) is 6.56. The summed E-state index contributed by atoms with van der Waals surface area (Å²) < 4.78 is 7.66. The Morgan fingerprint density at radius 3 is 2.86 bits per heavy atom. The molecule has 0 N–H and O–H groups in total. The van der Waals surface area contributed by atoms with Crippen LogP contribution in [0.25, 0.3) is 0 Å². The van der Waals surface area contributed by atoms with Gasteiger partial charge in [-0.3, -0.25) is 4.79 Å². The van der Waals surface area contributed by atoms with E-state index in [-0.39, 0.29) is 12.0 Å². The average molecular weight is 292 g/mol. The van der Waals surface area contributed by atoms with Gasteiger partial charge in [-0.15, -0.1) is 10.2 Å². The number of hydrogen-bond donors (Lipinski definition) is 0. The van der Waals surface area contributed by atoms with Crippen LogP contribution in [0.2, 0.25) is 0 Å². The largest absolute Gasteiger partial charge is 0.378 e. The van der Waals surface area contributed by atoms with Gasteiger partial charge in [0.05, 0.1) is 12.5 Å². The van der Waals surface area contributed by atoms with Gasteiger partial charge >= 0.3 is 0 Å². The number of likely N-dealkylation sites (tertiary alicyclic amines) is 1. The molecule has 116 valence electrons. The molecule has 1 atom stereocenters. The number of carbonyl (C=O) groups is 1. The molecule has 0 aliphatic carbocycles. The van der Waals surface area contributed by atoms with Crippen molar-refractivity contribution in [3.8, 4) is 0 Å². The molecule has 6 nitrogen and oxygen atoms in total. The molecule has 1 amide bonds. The third-order valence-corrected chi connectivity index (χ3v) is 4.63. The number of piperidine rings is 1. The molecule has 0 spiro atoms. The SMILES string of the molecule is CCn1cnnc1C1CCN(C(=O)CC2CCCO2)CC1. The van der Waals surface area contributed by atoms with E-state index in [4.69, 9.17) is 4.74 Å². The standard InChI is InChI=1S/C15H24N4O2/c1-2-18-11-16-17-15(18)12-5-7-19(8-6-12)14(20)10-13-4-3-9-21-13/h11-13H,2-10H2,1H3. The third-order valence-electron chi connectivity index (χ3n) is 4.63. The van der Waals surface area contributed by atoms with Crippen LogP contribution >= 0.6 is 0 Å². The first-order valence-electron chi connectivity index (χ1n) is 8.05. The number of amides is 1. The highest BCUT2D eigenvalue weighted by molar-refractivity contribution is 5.76. The first-order chi connectivity index (χ1) is 10.3. The van der Waals surface area contributed by atoms with Gasteiger partial charge in [-0.25, -0.2) is 0 Å². The van der Waals surface area contributed by atoms with Crippen LogP contribution in [-0.4, -0.2) is 51.4 Å². The van der Waals surface area contributed by atoms with Crippen molar-refractivity contribution < 1.29 is 9.53 Å². The molecule has 0 saturated carbocycles. The van der Waals surface area contributed by atoms with E-state index in [0.29, 0.717) is 12.3 Å². The van der Waals surface area contributed by atoms with Crippen LogP contribution in [0.15, 0.2) is 6.33 Å². The molecule has 1 aromatic heterocycles. The Morgan fingerprint density at radius 1 is 1.38 bits per heavy atom. The molecule has 21 heavy (non-hydrogen) atoms. The van der Waals surface area contributed by atoms with Crippen molar-refractivity contribution in [1.29, 1.82) is 0 Å². The van der Waals surface area contributed by atoms with Crippen LogP contribution in [-0.2, 0) is 16.1 Å². The van der Waals surface area contributed by atoms with E-state index in [2.05, 4.69) is 21.7 Å². The van der Waals surface area contributed by atoms with E-state index in [0.717, 1.165) is 57.7 Å². The van der Waals surface area contributed by atoms with Crippen LogP contribution < -0.4 is 0 Å². The monoisotopic (exact) mass is 292 g/mol. The summed E-state index contributed by atoms with van der Waals surface area (Å²) in [4.78, 5) is 14.3. The topological polar surface area (TPSA) is 60.2 Å². The minimum atomic E-state index is 0.151. The first kappa shape index (κ1) is 14.5. The Labute approximate surface area is 125 Å². The van der Waals surface area contributed by atoms with Gasteiger partial charge in [-0.05, 0) is 32.6 Å². The number of aromatic nitrogens is 3. The zero-order valence-electron chi connectivity index (χ0n) is 12.7. The van der Waals surface area contributed by atoms with E-state index in [1.165, 1.54) is 0 Å². The fraction of sp³-hybridized carbons (Fsp3) is 0.800. The molecule has 2 aliphatic heterocycles. The molecule has 1 unspecified atom stereocenters. The quantitative estimate of drug-likeness (QED) is 0.845. The molecule has 0 radical (unpaired) electrons. The lowest BCUT2D eigenvalue weighted by atomic mass is 9.95. The Morgan fingerprint density at radius 2 is 2.19 bits per heavy atom. The summed E-state index contributed by atoms with van der Waals surface area (Å²) in [6.45, 7) is 5.47. The fourth-order valence-corrected chi connectivity index (χ4v) is 3.34. The van der Waals surface area contributed by atoms with E-state index in [1.54, 1.807) is 6.33 Å². The van der Waals surface area contributed by atoms with Gasteiger partial charge in [0.25, 0.3) is 0 Å². The molecular formula is C15H24N4O2. The van der Waals surface area contributed by atoms with Crippen LogP contribution in [0, 0.1) is 0 Å². The lowest BCUT2D eigenvalue weighted by molar-refractivity contribution is -0.134. The summed E-state index contributed by atoms with van der Waals surface area (Å²) in [5.41, 5.74) is 0. The van der Waals surface area contributed by atoms with Gasteiger partial charge in [0.15, 0.2) is 0 Å². The zero-order valence-corrected chi connectivity index (χ0v) is 12.7. The maximum atomic E-state index is 12.3. The summed E-state index contributed by atoms with van der Waals surface area (Å²) in [7, 11) is 0. The number of ether oxygens (including phenoxy) is 1. The van der Waals surface area contributed by atoms with Crippen molar-refractivity contribution in [3.63, 3.8) is 0 Å². The minimum Gasteiger partial charge on any atom is -0.378 e. The first-order valence-corrected chi connectivity index (χ1v) is 8.05. The number of carbonyl (C=O) groups excluding carboxylic acids is 1. The van der Waals surface area contributed by atoms with Crippen molar-refractivity contribution in [2.75, 3.05) is 19.7 Å². The predicted octanol–water partition coefficient (Wildman–Crippen LogP) is 1.57. The molecular weight excluding hydrogens is 268 g/mol. The molecule has 3 rings (SSSR count). The van der Waals surface area contributed by atoms with Crippen molar-refractivity contribution in [2.45, 2.75) is 57.6 Å². The average Bonchev–Trinajstić information content (AvgIpc) is 3.18. The molecule has 2 aliphatic rings. The highest BCUT2D eigenvalue weighted by atomic mass is 16.5. The van der Waals surface area contributed by atoms with Crippen LogP contribution in [0.5, 0.6) is 0 Å². The molecule has 2 saturated heterocycles. The van der Waals surface area contributed by atoms with Gasteiger partial charge in [-0.2, -0.15) is 0 Å². The Kier molecular flexibility index (Phi) is 4.53. The second-order valence-corrected chi connectivity index (χ2v) is 5.97. The number of hydrogen-bond acceptors (Lipinski definition) is 4. The van der Waals surface area contributed by atoms with E-state index in [1.807, 2.05) is 4.90 Å². The normalized spacial score (nSPS) is 23.7. The Bertz CT molecular complexity index is 474. The smallest absolute Gasteiger partial charge is 0.225 e. The highest BCUT2D eigenvalue weighted by Crippen LogP contribution is 2.27. The van der Waals surface area contributed by atoms with Crippen LogP contribution in [0.3, 0.4) is 0 Å². The summed E-state index contributed by atoms with van der Waals surface area (Å²) >= 11 is 0. The minimum absolute atomic E-state index is 0.151. The van der Waals surface area contributed by atoms with Crippen molar-refractivity contribution in [2.24, 2.45) is 0 Å². The van der Waals surface area contributed by atoms with E-state index in [9.17, 15) is 4.79 Å². The molecule has 2 fully saturated rings. The van der Waals surface area contributed by atoms with Gasteiger partial charge in [-0.1, -0.05) is 0 Å². The fourth-order valence-electron chi connectivity index (χ4n) is 3.34. The summed E-state index contributed by atoms with van der Waals surface area (Å²) in [6.07, 6.45) is 6.58. The maximum absolute atomic E-state index is 12.3. The molecule has 1 aromatic rings. The highest BCUT2D eigenvalue weighted by Gasteiger charge is 2.28. The Balaban J connectivity index is 1.51. The molecule has 3 heterocycles. The van der Waals surface area contributed by atoms with Crippen molar-refractivity contribution >= 4 is 5.91 Å². The maximum Gasteiger partial charge on any atom is 0.225 e. The van der Waals surface area contributed by atoms with Crippen LogP contribution in [0.1, 0.15) is 50.8 Å². The summed E-state index contributed by atoms with van der Waals surface area (Å²) in [5.74, 6) is 1.75. The number of aryl methyl sites for hydroxylation is 1.